The fourth-order valence-corrected chi connectivity index (χ4v) is 4.33. The SMILES string of the molecule is CCCc1nnsc1C(=O)C1CCOC2(CCCC2)C1. The van der Waals surface area contributed by atoms with Crippen molar-refractivity contribution in [3.8, 4) is 0 Å². The normalized spacial score (nSPS) is 25.1. The van der Waals surface area contributed by atoms with Crippen molar-refractivity contribution in [2.75, 3.05) is 6.61 Å². The van der Waals surface area contributed by atoms with Gasteiger partial charge in [0.25, 0.3) is 0 Å². The molecule has 1 atom stereocenters. The van der Waals surface area contributed by atoms with Gasteiger partial charge in [0.2, 0.25) is 0 Å². The molecule has 2 fully saturated rings. The zero-order valence-electron chi connectivity index (χ0n) is 12.1. The van der Waals surface area contributed by atoms with Crippen LogP contribution in [0.25, 0.3) is 0 Å². The molecule has 1 saturated heterocycles. The molecule has 5 heteroatoms. The second kappa shape index (κ2) is 5.90. The smallest absolute Gasteiger partial charge is 0.179 e. The number of ether oxygens (including phenoxy) is 1. The maximum absolute atomic E-state index is 12.8. The van der Waals surface area contributed by atoms with Crippen molar-refractivity contribution < 1.29 is 9.53 Å². The topological polar surface area (TPSA) is 52.1 Å². The minimum Gasteiger partial charge on any atom is -0.375 e. The van der Waals surface area contributed by atoms with Crippen LogP contribution in [0.3, 0.4) is 0 Å². The van der Waals surface area contributed by atoms with E-state index in [4.69, 9.17) is 4.74 Å². The summed E-state index contributed by atoms with van der Waals surface area (Å²) in [5, 5.41) is 4.13. The van der Waals surface area contributed by atoms with Gasteiger partial charge in [-0.25, -0.2) is 0 Å². The maximum atomic E-state index is 12.8. The second-order valence-corrected chi connectivity index (χ2v) is 6.85. The van der Waals surface area contributed by atoms with Crippen LogP contribution >= 0.6 is 11.5 Å². The van der Waals surface area contributed by atoms with Gasteiger partial charge in [-0.2, -0.15) is 0 Å². The van der Waals surface area contributed by atoms with Crippen LogP contribution in [0.2, 0.25) is 0 Å². The zero-order chi connectivity index (χ0) is 14.0. The molecule has 110 valence electrons. The summed E-state index contributed by atoms with van der Waals surface area (Å²) < 4.78 is 10.0. The van der Waals surface area contributed by atoms with Crippen LogP contribution in [0.1, 0.15) is 67.2 Å². The molecule has 1 saturated carbocycles. The van der Waals surface area contributed by atoms with Crippen molar-refractivity contribution in [1.82, 2.24) is 9.59 Å². The maximum Gasteiger partial charge on any atom is 0.179 e. The predicted molar refractivity (Wildman–Crippen MR) is 78.1 cm³/mol. The Morgan fingerprint density at radius 1 is 1.45 bits per heavy atom. The minimum atomic E-state index is 0.00160. The molecule has 0 N–H and O–H groups in total. The van der Waals surface area contributed by atoms with Crippen molar-refractivity contribution in [3.63, 3.8) is 0 Å². The summed E-state index contributed by atoms with van der Waals surface area (Å²) in [4.78, 5) is 13.6. The lowest BCUT2D eigenvalue weighted by Gasteiger charge is -2.37. The first-order chi connectivity index (χ1) is 9.74. The molecule has 0 aromatic carbocycles. The number of ketones is 1. The van der Waals surface area contributed by atoms with Gasteiger partial charge in [0.15, 0.2) is 5.78 Å². The van der Waals surface area contributed by atoms with Gasteiger partial charge in [-0.15, -0.1) is 5.10 Å². The predicted octanol–water partition coefficient (Wildman–Crippen LogP) is 3.41. The average Bonchev–Trinajstić information content (AvgIpc) is 3.09. The summed E-state index contributed by atoms with van der Waals surface area (Å²) in [6.45, 7) is 2.83. The van der Waals surface area contributed by atoms with E-state index in [1.54, 1.807) is 0 Å². The Balaban J connectivity index is 1.74. The Bertz CT molecular complexity index is 480. The number of nitrogens with zero attached hydrogens (tertiary/aromatic N) is 2. The highest BCUT2D eigenvalue weighted by molar-refractivity contribution is 7.08. The summed E-state index contributed by atoms with van der Waals surface area (Å²) >= 11 is 1.27. The summed E-state index contributed by atoms with van der Waals surface area (Å²) in [6, 6.07) is 0. The van der Waals surface area contributed by atoms with Crippen LogP contribution in [-0.2, 0) is 11.2 Å². The Morgan fingerprint density at radius 2 is 2.25 bits per heavy atom. The van der Waals surface area contributed by atoms with Crippen molar-refractivity contribution in [2.24, 2.45) is 5.92 Å². The molecule has 2 heterocycles. The number of hydrogen-bond acceptors (Lipinski definition) is 5. The lowest BCUT2D eigenvalue weighted by atomic mass is 9.82. The summed E-state index contributed by atoms with van der Waals surface area (Å²) in [6.07, 6.45) is 8.34. The van der Waals surface area contributed by atoms with Crippen LogP contribution in [0.15, 0.2) is 0 Å². The van der Waals surface area contributed by atoms with E-state index in [1.165, 1.54) is 24.4 Å². The molecule has 2 aliphatic rings. The van der Waals surface area contributed by atoms with Crippen LogP contribution in [0, 0.1) is 5.92 Å². The molecule has 0 radical (unpaired) electrons. The highest BCUT2D eigenvalue weighted by atomic mass is 32.1. The lowest BCUT2D eigenvalue weighted by Crippen LogP contribution is -2.39. The first-order valence-electron chi connectivity index (χ1n) is 7.73. The van der Waals surface area contributed by atoms with Gasteiger partial charge in [-0.1, -0.05) is 30.7 Å². The minimum absolute atomic E-state index is 0.00160. The van der Waals surface area contributed by atoms with Crippen molar-refractivity contribution in [3.05, 3.63) is 10.6 Å². The quantitative estimate of drug-likeness (QED) is 0.799. The number of aromatic nitrogens is 2. The molecule has 1 unspecified atom stereocenters. The largest absolute Gasteiger partial charge is 0.375 e. The summed E-state index contributed by atoms with van der Waals surface area (Å²) in [5.74, 6) is 0.373. The van der Waals surface area contributed by atoms with Gasteiger partial charge in [0.1, 0.15) is 4.88 Å². The summed E-state index contributed by atoms with van der Waals surface area (Å²) in [7, 11) is 0. The van der Waals surface area contributed by atoms with E-state index in [-0.39, 0.29) is 17.3 Å². The third-order valence-electron chi connectivity index (χ3n) is 4.64. The molecule has 3 rings (SSSR count). The highest BCUT2D eigenvalue weighted by Gasteiger charge is 2.42. The fraction of sp³-hybridized carbons (Fsp3) is 0.800. The third-order valence-corrected chi connectivity index (χ3v) is 5.43. The summed E-state index contributed by atoms with van der Waals surface area (Å²) in [5.41, 5.74) is 0.899. The molecule has 1 aliphatic heterocycles. The van der Waals surface area contributed by atoms with Gasteiger partial charge in [0.05, 0.1) is 11.3 Å². The standard InChI is InChI=1S/C15H22N2O2S/c1-2-5-12-14(20-17-16-12)13(18)11-6-9-19-15(10-11)7-3-4-8-15/h11H,2-10H2,1H3. The van der Waals surface area contributed by atoms with Gasteiger partial charge < -0.3 is 4.74 Å². The molecule has 0 amide bonds. The molecule has 1 spiro atoms. The van der Waals surface area contributed by atoms with E-state index in [0.29, 0.717) is 0 Å². The number of aryl methyl sites for hydroxylation is 1. The van der Waals surface area contributed by atoms with E-state index >= 15 is 0 Å². The first kappa shape index (κ1) is 14.1. The van der Waals surface area contributed by atoms with Gasteiger partial charge in [-0.05, 0) is 43.6 Å². The second-order valence-electron chi connectivity index (χ2n) is 6.09. The monoisotopic (exact) mass is 294 g/mol. The Labute approximate surface area is 124 Å². The molecule has 1 aromatic heterocycles. The fourth-order valence-electron chi connectivity index (χ4n) is 3.60. The van der Waals surface area contributed by atoms with Crippen molar-refractivity contribution >= 4 is 17.3 Å². The van der Waals surface area contributed by atoms with Crippen LogP contribution < -0.4 is 0 Å². The molecular formula is C15H22N2O2S. The lowest BCUT2D eigenvalue weighted by molar-refractivity contribution is -0.0866. The Kier molecular flexibility index (Phi) is 4.17. The number of carbonyl (C=O) groups is 1. The van der Waals surface area contributed by atoms with Crippen LogP contribution in [0.4, 0.5) is 0 Å². The molecular weight excluding hydrogens is 272 g/mol. The number of Topliss-reactive ketones (excluding diaryl/α,β-unsaturated/α-hetero) is 1. The zero-order valence-corrected chi connectivity index (χ0v) is 12.9. The number of rotatable bonds is 4. The molecule has 1 aromatic rings. The Morgan fingerprint density at radius 3 is 3.00 bits per heavy atom. The van der Waals surface area contributed by atoms with Gasteiger partial charge in [0, 0.05) is 12.5 Å². The molecule has 4 nitrogen and oxygen atoms in total. The van der Waals surface area contributed by atoms with Gasteiger partial charge >= 0.3 is 0 Å². The number of carbonyl (C=O) groups excluding carboxylic acids is 1. The average molecular weight is 294 g/mol. The third kappa shape index (κ3) is 2.66. The van der Waals surface area contributed by atoms with E-state index in [9.17, 15) is 4.79 Å². The Hall–Kier alpha value is -0.810. The van der Waals surface area contributed by atoms with E-state index in [0.717, 1.165) is 55.7 Å². The van der Waals surface area contributed by atoms with Crippen LogP contribution in [-0.4, -0.2) is 27.6 Å². The van der Waals surface area contributed by atoms with Gasteiger partial charge in [-0.3, -0.25) is 4.79 Å². The first-order valence-corrected chi connectivity index (χ1v) is 8.51. The molecule has 0 bridgehead atoms. The highest BCUT2D eigenvalue weighted by Crippen LogP contribution is 2.43. The van der Waals surface area contributed by atoms with Crippen molar-refractivity contribution in [1.29, 1.82) is 0 Å². The van der Waals surface area contributed by atoms with E-state index in [1.807, 2.05) is 0 Å². The molecule has 1 aliphatic carbocycles. The molecule has 20 heavy (non-hydrogen) atoms. The van der Waals surface area contributed by atoms with Crippen LogP contribution in [0.5, 0.6) is 0 Å². The number of hydrogen-bond donors (Lipinski definition) is 0. The van der Waals surface area contributed by atoms with E-state index in [2.05, 4.69) is 16.5 Å². The van der Waals surface area contributed by atoms with E-state index < -0.39 is 0 Å². The van der Waals surface area contributed by atoms with Crippen molar-refractivity contribution in [2.45, 2.75) is 63.9 Å².